The number of hydrogen-bond acceptors (Lipinski definition) is 2. The molecule has 55 heavy (non-hydrogen) atoms. The van der Waals surface area contributed by atoms with Crippen LogP contribution < -0.4 is 4.90 Å². The Morgan fingerprint density at radius 2 is 0.945 bits per heavy atom. The van der Waals surface area contributed by atoms with Gasteiger partial charge < -0.3 is 9.47 Å². The fourth-order valence-corrected chi connectivity index (χ4v) is 9.52. The summed E-state index contributed by atoms with van der Waals surface area (Å²) in [6.07, 6.45) is 0. The lowest BCUT2D eigenvalue weighted by Crippen LogP contribution is -2.09. The molecule has 0 saturated heterocycles. The van der Waals surface area contributed by atoms with Gasteiger partial charge in [-0.05, 0) is 124 Å². The second-order valence-electron chi connectivity index (χ2n) is 14.2. The first-order chi connectivity index (χ1) is 27.3. The Balaban J connectivity index is 1.05. The second kappa shape index (κ2) is 12.9. The van der Waals surface area contributed by atoms with Gasteiger partial charge in [0.25, 0.3) is 0 Å². The zero-order chi connectivity index (χ0) is 36.3. The number of aromatic nitrogens is 1. The van der Waals surface area contributed by atoms with Gasteiger partial charge in [-0.25, -0.2) is 0 Å². The van der Waals surface area contributed by atoms with E-state index in [0.29, 0.717) is 0 Å². The molecule has 0 N–H and O–H groups in total. The lowest BCUT2D eigenvalue weighted by molar-refractivity contribution is 1.18. The van der Waals surface area contributed by atoms with Gasteiger partial charge in [-0.1, -0.05) is 115 Å². The SMILES string of the molecule is c1ccc(N(c2ccccc2)c2ccc(-c3cccc(-c4ccc5c(c4)c4c6cc7c(cc6ccc4n5-c4ccccc4)sc4ccccc47)c3)cc2)cc1. The fourth-order valence-electron chi connectivity index (χ4n) is 8.38. The molecule has 2 nitrogen and oxygen atoms in total. The summed E-state index contributed by atoms with van der Waals surface area (Å²) in [5, 5.41) is 7.77. The molecule has 3 heteroatoms. The minimum Gasteiger partial charge on any atom is -0.311 e. The normalized spacial score (nSPS) is 11.6. The number of hydrogen-bond donors (Lipinski definition) is 0. The molecule has 0 saturated carbocycles. The molecule has 0 fully saturated rings. The molecule has 0 radical (unpaired) electrons. The number of rotatable bonds is 6. The summed E-state index contributed by atoms with van der Waals surface area (Å²) < 4.78 is 5.09. The lowest BCUT2D eigenvalue weighted by Gasteiger charge is -2.25. The maximum absolute atomic E-state index is 2.44. The maximum Gasteiger partial charge on any atom is 0.0547 e. The van der Waals surface area contributed by atoms with E-state index in [-0.39, 0.29) is 0 Å². The largest absolute Gasteiger partial charge is 0.311 e. The Kier molecular flexibility index (Phi) is 7.39. The number of anilines is 3. The third kappa shape index (κ3) is 5.32. The average Bonchev–Trinajstić information content (AvgIpc) is 3.79. The number of fused-ring (bicyclic) bond motifs is 8. The Hall–Kier alpha value is -6.94. The van der Waals surface area contributed by atoms with Crippen LogP contribution in [-0.4, -0.2) is 4.57 Å². The second-order valence-corrected chi connectivity index (χ2v) is 15.2. The third-order valence-electron chi connectivity index (χ3n) is 10.9. The highest BCUT2D eigenvalue weighted by atomic mass is 32.1. The van der Waals surface area contributed by atoms with Crippen molar-refractivity contribution < 1.29 is 0 Å². The molecule has 9 aromatic carbocycles. The van der Waals surface area contributed by atoms with Crippen molar-refractivity contribution in [3.05, 3.63) is 206 Å². The summed E-state index contributed by atoms with van der Waals surface area (Å²) in [5.74, 6) is 0. The van der Waals surface area contributed by atoms with Crippen molar-refractivity contribution in [1.82, 2.24) is 4.57 Å². The van der Waals surface area contributed by atoms with Crippen LogP contribution in [0.3, 0.4) is 0 Å². The quantitative estimate of drug-likeness (QED) is 0.166. The summed E-state index contributed by atoms with van der Waals surface area (Å²) in [6, 6.07) is 75.0. The van der Waals surface area contributed by atoms with E-state index in [9.17, 15) is 0 Å². The molecule has 0 unspecified atom stereocenters. The Bertz CT molecular complexity index is 3140. The molecule has 0 amide bonds. The van der Waals surface area contributed by atoms with Crippen molar-refractivity contribution in [3.63, 3.8) is 0 Å². The van der Waals surface area contributed by atoms with Crippen LogP contribution in [0.5, 0.6) is 0 Å². The van der Waals surface area contributed by atoms with E-state index >= 15 is 0 Å². The van der Waals surface area contributed by atoms with Crippen molar-refractivity contribution in [1.29, 1.82) is 0 Å². The molecule has 11 rings (SSSR count). The van der Waals surface area contributed by atoms with Crippen molar-refractivity contribution in [3.8, 4) is 27.9 Å². The summed E-state index contributed by atoms with van der Waals surface area (Å²) in [5.41, 5.74) is 11.8. The Labute approximate surface area is 323 Å². The summed E-state index contributed by atoms with van der Waals surface area (Å²) >= 11 is 1.88. The molecular formula is C52H34N2S. The van der Waals surface area contributed by atoms with Crippen molar-refractivity contribution >= 4 is 81.1 Å². The number of thiophene rings is 1. The molecule has 258 valence electrons. The fraction of sp³-hybridized carbons (Fsp3) is 0. The number of nitrogens with zero attached hydrogens (tertiary/aromatic N) is 2. The van der Waals surface area contributed by atoms with Crippen LogP contribution in [0.15, 0.2) is 206 Å². The first kappa shape index (κ1) is 31.6. The van der Waals surface area contributed by atoms with Gasteiger partial charge in [-0.2, -0.15) is 0 Å². The van der Waals surface area contributed by atoms with Crippen molar-refractivity contribution in [2.75, 3.05) is 4.90 Å². The first-order valence-electron chi connectivity index (χ1n) is 18.8. The zero-order valence-corrected chi connectivity index (χ0v) is 30.7. The van der Waals surface area contributed by atoms with E-state index in [1.807, 2.05) is 11.3 Å². The van der Waals surface area contributed by atoms with Crippen molar-refractivity contribution in [2.24, 2.45) is 0 Å². The molecule has 11 aromatic rings. The predicted octanol–water partition coefficient (Wildman–Crippen LogP) is 15.1. The number of benzene rings is 9. The summed E-state index contributed by atoms with van der Waals surface area (Å²) in [4.78, 5) is 2.30. The van der Waals surface area contributed by atoms with Gasteiger partial charge in [0.1, 0.15) is 0 Å². The smallest absolute Gasteiger partial charge is 0.0547 e. The molecule has 2 heterocycles. The van der Waals surface area contributed by atoms with Gasteiger partial charge in [0.2, 0.25) is 0 Å². The lowest BCUT2D eigenvalue weighted by atomic mass is 9.96. The predicted molar refractivity (Wildman–Crippen MR) is 237 cm³/mol. The van der Waals surface area contributed by atoms with E-state index < -0.39 is 0 Å². The van der Waals surface area contributed by atoms with Gasteiger partial charge in [0.15, 0.2) is 0 Å². The summed E-state index contributed by atoms with van der Waals surface area (Å²) in [6.45, 7) is 0. The highest BCUT2D eigenvalue weighted by molar-refractivity contribution is 7.25. The minimum absolute atomic E-state index is 1.12. The Morgan fingerprint density at radius 3 is 1.69 bits per heavy atom. The van der Waals surface area contributed by atoms with Crippen LogP contribution in [0.1, 0.15) is 0 Å². The van der Waals surface area contributed by atoms with Crippen LogP contribution in [0, 0.1) is 0 Å². The van der Waals surface area contributed by atoms with E-state index in [1.54, 1.807) is 0 Å². The highest BCUT2D eigenvalue weighted by Gasteiger charge is 2.18. The molecule has 0 atom stereocenters. The molecule has 0 aliphatic carbocycles. The van der Waals surface area contributed by atoms with Gasteiger partial charge in [-0.3, -0.25) is 0 Å². The van der Waals surface area contributed by atoms with E-state index in [0.717, 1.165) is 17.1 Å². The number of para-hydroxylation sites is 3. The van der Waals surface area contributed by atoms with Crippen LogP contribution in [0.2, 0.25) is 0 Å². The standard InChI is InChI=1S/C52H34N2S/c1-4-15-40(16-5-1)53(41-17-6-2-7-18-41)43-27-23-35(24-28-43)36-13-12-14-37(31-36)38-25-29-48-47(32-38)52-45-34-46-44-21-10-11-22-50(44)55-51(46)33-39(45)26-30-49(52)54(48)42-19-8-3-9-20-42/h1-34H. The Morgan fingerprint density at radius 1 is 0.345 bits per heavy atom. The molecule has 2 aromatic heterocycles. The van der Waals surface area contributed by atoms with Gasteiger partial charge >= 0.3 is 0 Å². The highest BCUT2D eigenvalue weighted by Crippen LogP contribution is 2.43. The molecular weight excluding hydrogens is 685 g/mol. The maximum atomic E-state index is 2.44. The van der Waals surface area contributed by atoms with Crippen LogP contribution in [-0.2, 0) is 0 Å². The van der Waals surface area contributed by atoms with Crippen LogP contribution >= 0.6 is 11.3 Å². The van der Waals surface area contributed by atoms with Gasteiger partial charge in [-0.15, -0.1) is 11.3 Å². The monoisotopic (exact) mass is 718 g/mol. The van der Waals surface area contributed by atoms with E-state index in [4.69, 9.17) is 0 Å². The first-order valence-corrected chi connectivity index (χ1v) is 19.6. The average molecular weight is 719 g/mol. The molecule has 0 spiro atoms. The van der Waals surface area contributed by atoms with Crippen LogP contribution in [0.25, 0.3) is 80.7 Å². The minimum atomic E-state index is 1.12. The van der Waals surface area contributed by atoms with E-state index in [2.05, 4.69) is 216 Å². The van der Waals surface area contributed by atoms with Crippen molar-refractivity contribution in [2.45, 2.75) is 0 Å². The molecule has 0 aliphatic rings. The van der Waals surface area contributed by atoms with Gasteiger partial charge in [0, 0.05) is 53.7 Å². The van der Waals surface area contributed by atoms with Gasteiger partial charge in [0.05, 0.1) is 11.0 Å². The zero-order valence-electron chi connectivity index (χ0n) is 29.9. The molecule has 0 bridgehead atoms. The summed E-state index contributed by atoms with van der Waals surface area (Å²) in [7, 11) is 0. The van der Waals surface area contributed by atoms with E-state index in [1.165, 1.54) is 80.7 Å². The third-order valence-corrected chi connectivity index (χ3v) is 12.1. The topological polar surface area (TPSA) is 8.17 Å². The van der Waals surface area contributed by atoms with Crippen LogP contribution in [0.4, 0.5) is 17.1 Å². The molecule has 0 aliphatic heterocycles.